The molecule has 0 aliphatic rings. The van der Waals surface area contributed by atoms with Crippen molar-refractivity contribution in [2.45, 2.75) is 6.92 Å². The number of hydrazone groups is 1. The second kappa shape index (κ2) is 8.01. The predicted octanol–water partition coefficient (Wildman–Crippen LogP) is 2.87. The second-order valence-electron chi connectivity index (χ2n) is 4.92. The maximum Gasteiger partial charge on any atom is 0.271 e. The molecule has 1 amide bonds. The Bertz CT molecular complexity index is 717. The molecule has 6 nitrogen and oxygen atoms in total. The van der Waals surface area contributed by atoms with Crippen LogP contribution in [0.4, 0.5) is 0 Å². The standard InChI is InChI=1S/C18H20N2O4/c1-12(13-8-6-5-7-9-13)19-20-18(21)14-10-15(22-2)17(24-4)16(11-14)23-3/h5-11H,1-4H3,(H,20,21)/b19-12+. The van der Waals surface area contributed by atoms with Gasteiger partial charge in [0.25, 0.3) is 5.91 Å². The summed E-state index contributed by atoms with van der Waals surface area (Å²) in [5, 5.41) is 4.13. The quantitative estimate of drug-likeness (QED) is 0.654. The average molecular weight is 328 g/mol. The van der Waals surface area contributed by atoms with Crippen molar-refractivity contribution in [2.75, 3.05) is 21.3 Å². The number of benzene rings is 2. The molecule has 2 aromatic carbocycles. The lowest BCUT2D eigenvalue weighted by Crippen LogP contribution is -2.19. The van der Waals surface area contributed by atoms with E-state index < -0.39 is 0 Å². The van der Waals surface area contributed by atoms with Crippen molar-refractivity contribution in [1.82, 2.24) is 5.43 Å². The van der Waals surface area contributed by atoms with E-state index in [0.717, 1.165) is 5.56 Å². The fourth-order valence-corrected chi connectivity index (χ4v) is 2.16. The highest BCUT2D eigenvalue weighted by atomic mass is 16.5. The highest BCUT2D eigenvalue weighted by molar-refractivity contribution is 6.01. The van der Waals surface area contributed by atoms with Crippen molar-refractivity contribution in [2.24, 2.45) is 5.10 Å². The van der Waals surface area contributed by atoms with Crippen LogP contribution in [0.2, 0.25) is 0 Å². The Hall–Kier alpha value is -3.02. The van der Waals surface area contributed by atoms with Gasteiger partial charge in [-0.3, -0.25) is 4.79 Å². The number of ether oxygens (including phenoxy) is 3. The van der Waals surface area contributed by atoms with Crippen LogP contribution in [0.5, 0.6) is 17.2 Å². The first-order chi connectivity index (χ1) is 11.6. The first-order valence-electron chi connectivity index (χ1n) is 7.30. The van der Waals surface area contributed by atoms with Crippen LogP contribution in [0.3, 0.4) is 0 Å². The number of rotatable bonds is 6. The van der Waals surface area contributed by atoms with E-state index in [-0.39, 0.29) is 5.91 Å². The van der Waals surface area contributed by atoms with Crippen LogP contribution in [0.1, 0.15) is 22.8 Å². The molecule has 0 aromatic heterocycles. The van der Waals surface area contributed by atoms with E-state index in [9.17, 15) is 4.79 Å². The Kier molecular flexibility index (Phi) is 5.78. The zero-order chi connectivity index (χ0) is 17.5. The number of amides is 1. The first-order valence-corrected chi connectivity index (χ1v) is 7.30. The summed E-state index contributed by atoms with van der Waals surface area (Å²) < 4.78 is 15.7. The van der Waals surface area contributed by atoms with Crippen molar-refractivity contribution < 1.29 is 19.0 Å². The summed E-state index contributed by atoms with van der Waals surface area (Å²) in [4.78, 5) is 12.3. The van der Waals surface area contributed by atoms with Crippen molar-refractivity contribution in [3.8, 4) is 17.2 Å². The Balaban J connectivity index is 2.24. The van der Waals surface area contributed by atoms with E-state index in [0.29, 0.717) is 28.5 Å². The van der Waals surface area contributed by atoms with Gasteiger partial charge in [0.05, 0.1) is 27.0 Å². The van der Waals surface area contributed by atoms with Gasteiger partial charge in [0.2, 0.25) is 5.75 Å². The van der Waals surface area contributed by atoms with Crippen molar-refractivity contribution in [1.29, 1.82) is 0 Å². The van der Waals surface area contributed by atoms with Gasteiger partial charge >= 0.3 is 0 Å². The minimum absolute atomic E-state index is 0.356. The van der Waals surface area contributed by atoms with Crippen LogP contribution in [0.25, 0.3) is 0 Å². The van der Waals surface area contributed by atoms with E-state index in [2.05, 4.69) is 10.5 Å². The number of hydrogen-bond donors (Lipinski definition) is 1. The molecule has 0 unspecified atom stereocenters. The zero-order valence-corrected chi connectivity index (χ0v) is 14.1. The molecule has 0 aliphatic heterocycles. The molecule has 0 saturated carbocycles. The normalized spacial score (nSPS) is 10.9. The fraction of sp³-hybridized carbons (Fsp3) is 0.222. The summed E-state index contributed by atoms with van der Waals surface area (Å²) in [5.41, 5.74) is 4.53. The summed E-state index contributed by atoms with van der Waals surface area (Å²) in [6.45, 7) is 1.82. The number of carbonyl (C=O) groups excluding carboxylic acids is 1. The van der Waals surface area contributed by atoms with E-state index in [1.54, 1.807) is 12.1 Å². The number of methoxy groups -OCH3 is 3. The molecule has 0 atom stereocenters. The van der Waals surface area contributed by atoms with E-state index in [4.69, 9.17) is 14.2 Å². The molecule has 0 aliphatic carbocycles. The van der Waals surface area contributed by atoms with Crippen molar-refractivity contribution in [3.63, 3.8) is 0 Å². The summed E-state index contributed by atoms with van der Waals surface area (Å²) >= 11 is 0. The summed E-state index contributed by atoms with van der Waals surface area (Å²) in [6.07, 6.45) is 0. The highest BCUT2D eigenvalue weighted by Gasteiger charge is 2.16. The van der Waals surface area contributed by atoms with Crippen molar-refractivity contribution in [3.05, 3.63) is 53.6 Å². The number of carbonyl (C=O) groups is 1. The average Bonchev–Trinajstić information content (AvgIpc) is 2.65. The Labute approximate surface area is 141 Å². The van der Waals surface area contributed by atoms with Gasteiger partial charge < -0.3 is 14.2 Å². The maximum atomic E-state index is 12.3. The number of hydrogen-bond acceptors (Lipinski definition) is 5. The lowest BCUT2D eigenvalue weighted by Gasteiger charge is -2.13. The molecule has 6 heteroatoms. The van der Waals surface area contributed by atoms with Crippen LogP contribution in [-0.4, -0.2) is 32.9 Å². The molecule has 0 saturated heterocycles. The minimum atomic E-state index is -0.371. The van der Waals surface area contributed by atoms with Crippen LogP contribution in [0, 0.1) is 0 Å². The largest absolute Gasteiger partial charge is 0.493 e. The lowest BCUT2D eigenvalue weighted by molar-refractivity contribution is 0.0954. The summed E-state index contributed by atoms with van der Waals surface area (Å²) in [5.74, 6) is 0.876. The fourth-order valence-electron chi connectivity index (χ4n) is 2.16. The van der Waals surface area contributed by atoms with E-state index in [1.165, 1.54) is 21.3 Å². The SMILES string of the molecule is COc1cc(C(=O)N/N=C(\C)c2ccccc2)cc(OC)c1OC. The van der Waals surface area contributed by atoms with Gasteiger partial charge in [-0.1, -0.05) is 30.3 Å². The Morgan fingerprint density at radius 2 is 1.50 bits per heavy atom. The van der Waals surface area contributed by atoms with Gasteiger partial charge in [0, 0.05) is 5.56 Å². The molecule has 0 spiro atoms. The molecule has 2 aromatic rings. The second-order valence-corrected chi connectivity index (χ2v) is 4.92. The first kappa shape index (κ1) is 17.3. The van der Waals surface area contributed by atoms with Gasteiger partial charge in [-0.05, 0) is 24.6 Å². The molecular weight excluding hydrogens is 308 g/mol. The molecule has 0 radical (unpaired) electrons. The van der Waals surface area contributed by atoms with Gasteiger partial charge in [-0.25, -0.2) is 5.43 Å². The molecule has 126 valence electrons. The van der Waals surface area contributed by atoms with Crippen LogP contribution in [0.15, 0.2) is 47.6 Å². The molecular formula is C18H20N2O4. The third kappa shape index (κ3) is 3.84. The molecule has 24 heavy (non-hydrogen) atoms. The number of nitrogens with one attached hydrogen (secondary N) is 1. The van der Waals surface area contributed by atoms with E-state index >= 15 is 0 Å². The number of nitrogens with zero attached hydrogens (tertiary/aromatic N) is 1. The zero-order valence-electron chi connectivity index (χ0n) is 14.1. The lowest BCUT2D eigenvalue weighted by atomic mass is 10.1. The minimum Gasteiger partial charge on any atom is -0.493 e. The Morgan fingerprint density at radius 1 is 0.917 bits per heavy atom. The third-order valence-electron chi connectivity index (χ3n) is 3.44. The summed E-state index contributed by atoms with van der Waals surface area (Å²) in [6, 6.07) is 12.7. The molecule has 1 N–H and O–H groups in total. The van der Waals surface area contributed by atoms with Gasteiger partial charge in [0.15, 0.2) is 11.5 Å². The highest BCUT2D eigenvalue weighted by Crippen LogP contribution is 2.38. The maximum absolute atomic E-state index is 12.3. The topological polar surface area (TPSA) is 69.2 Å². The molecule has 0 fully saturated rings. The van der Waals surface area contributed by atoms with E-state index in [1.807, 2.05) is 37.3 Å². The molecule has 0 heterocycles. The van der Waals surface area contributed by atoms with Crippen LogP contribution >= 0.6 is 0 Å². The third-order valence-corrected chi connectivity index (χ3v) is 3.44. The van der Waals surface area contributed by atoms with Crippen LogP contribution in [-0.2, 0) is 0 Å². The van der Waals surface area contributed by atoms with Crippen LogP contribution < -0.4 is 19.6 Å². The molecule has 2 rings (SSSR count). The molecule has 0 bridgehead atoms. The van der Waals surface area contributed by atoms with Gasteiger partial charge in [0.1, 0.15) is 0 Å². The van der Waals surface area contributed by atoms with Gasteiger partial charge in [-0.2, -0.15) is 5.10 Å². The van der Waals surface area contributed by atoms with Gasteiger partial charge in [-0.15, -0.1) is 0 Å². The monoisotopic (exact) mass is 328 g/mol. The predicted molar refractivity (Wildman–Crippen MR) is 92.2 cm³/mol. The summed E-state index contributed by atoms with van der Waals surface area (Å²) in [7, 11) is 4.50. The Morgan fingerprint density at radius 3 is 2.00 bits per heavy atom. The smallest absolute Gasteiger partial charge is 0.271 e. The van der Waals surface area contributed by atoms with Crippen molar-refractivity contribution >= 4 is 11.6 Å².